The van der Waals surface area contributed by atoms with E-state index in [0.717, 1.165) is 215 Å². The summed E-state index contributed by atoms with van der Waals surface area (Å²) in [5, 5.41) is 138. The molecule has 0 radical (unpaired) electrons. The van der Waals surface area contributed by atoms with Gasteiger partial charge in [0.25, 0.3) is 0 Å². The molecule has 846 valence electrons. The summed E-state index contributed by atoms with van der Waals surface area (Å²) in [6.07, 6.45) is 53.9. The molecule has 0 aliphatic heterocycles. The van der Waals surface area contributed by atoms with E-state index in [1.165, 1.54) is 128 Å². The van der Waals surface area contributed by atoms with Crippen molar-refractivity contribution in [2.24, 2.45) is 261 Å². The predicted octanol–water partition coefficient (Wildman–Crippen LogP) is 25.2. The van der Waals surface area contributed by atoms with Crippen molar-refractivity contribution in [3.63, 3.8) is 0 Å². The van der Waals surface area contributed by atoms with Crippen LogP contribution >= 0.6 is 0 Å². The van der Waals surface area contributed by atoms with Crippen LogP contribution in [-0.4, -0.2) is 167 Å². The molecule has 0 aromatic rings. The van der Waals surface area contributed by atoms with Gasteiger partial charge in [-0.1, -0.05) is 183 Å². The molecule has 0 aromatic heterocycles. The fourth-order valence-electron chi connectivity index (χ4n) is 47.5. The molecule has 17 nitrogen and oxygen atoms in total. The summed E-state index contributed by atoms with van der Waals surface area (Å²) in [5.74, 6) is 19.3. The van der Waals surface area contributed by atoms with Gasteiger partial charge in [0.05, 0.1) is 61.5 Å². The zero-order chi connectivity index (χ0) is 106. The van der Waals surface area contributed by atoms with Crippen LogP contribution in [0.15, 0.2) is 0 Å². The van der Waals surface area contributed by atoms with Gasteiger partial charge < -0.3 is 66.4 Å². The van der Waals surface area contributed by atoms with E-state index in [4.69, 9.17) is 4.55 Å². The second-order valence-corrected chi connectivity index (χ2v) is 60.6. The number of hydrogen-bond acceptors (Lipinski definition) is 16. The Balaban J connectivity index is 0.000000131. The molecule has 15 unspecified atom stereocenters. The molecule has 0 spiro atoms. The van der Waals surface area contributed by atoms with E-state index in [-0.39, 0.29) is 78.3 Å². The number of aliphatic hydroxyl groups is 13. The third-order valence-electron chi connectivity index (χ3n) is 54.5. The quantitative estimate of drug-likeness (QED) is 0.0378. The highest BCUT2D eigenvalue weighted by Gasteiger charge is 2.73. The zero-order valence-corrected chi connectivity index (χ0v) is 97.3. The van der Waals surface area contributed by atoms with Gasteiger partial charge in [-0.05, 0) is 531 Å². The Morgan fingerprint density at radius 2 is 0.459 bits per heavy atom. The molecule has 20 rings (SSSR count). The van der Waals surface area contributed by atoms with Crippen molar-refractivity contribution in [2.45, 2.75) is 508 Å². The summed E-state index contributed by atoms with van der Waals surface area (Å²) in [7, 11) is -4.39. The molecule has 20 aliphatic rings. The predicted molar refractivity (Wildman–Crippen MR) is 586 cm³/mol. The molecular weight excluding hydrogens is 1840 g/mol. The van der Waals surface area contributed by atoms with Crippen molar-refractivity contribution < 1.29 is 83.5 Å². The molecule has 54 atom stereocenters. The first kappa shape index (κ1) is 118. The van der Waals surface area contributed by atoms with E-state index in [1.54, 1.807) is 0 Å². The first-order chi connectivity index (χ1) is 69.1. The summed E-state index contributed by atoms with van der Waals surface area (Å²) in [6, 6.07) is 0. The molecule has 14 N–H and O–H groups in total. The van der Waals surface area contributed by atoms with E-state index in [9.17, 15) is 74.8 Å². The van der Waals surface area contributed by atoms with Crippen LogP contribution in [0.3, 0.4) is 0 Å². The standard InChI is InChI=1S/2C26H46O3.C26H46O2.C25H44O6S.C25H44O3/c2*1-5-18-22-15-17(28)10-12-26(22,4)21-11-13-25(3)19(16(2)7-6-14-27)8-9-20(25)23(21)24(18)29;1-5-18-20-10-6-7-14-25(20,3)22-13-15-26(4)19(17(2)9-8-16-27)11-12-21(26)23(22)24(18)28;1-5-17-21-14-16(26)8-11-25(21,4)20-9-12-24(3)18(6-7-19(24)22(20)23(17)27)15(2)10-13-31-32(28,29)30;1-5-17-21-14-16(27)8-11-25(21,4)20-9-12-24(3)18(15(2)10-13-26)6-7-19(24)22(20)23(17)28/h2*16-24,27-29H,5-15H2,1-4H3;17-24,27-28H,5-16H2,1-4H3;15-23,26-27H,5-14H2,1-4H3,(H,28,29,30);15-23,26-28H,5-14H2,1-4H3/t16-,17+,18-,19-,20?,21?,22+,23?,24+,25-,26-;16-,17+,18-,19-,20?,21?,22+,23?,24-,25-,26-;17-,18+,19-,20+,21?,22?,23?,24-,25+,26-;2*15-,16+,17-,18-,19?,20?,21+,22?,23-,24-,25-/m11111/s1. The van der Waals surface area contributed by atoms with Crippen molar-refractivity contribution in [3.05, 3.63) is 0 Å². The van der Waals surface area contributed by atoms with Crippen LogP contribution in [0.2, 0.25) is 0 Å². The van der Waals surface area contributed by atoms with Crippen molar-refractivity contribution in [2.75, 3.05) is 33.0 Å². The van der Waals surface area contributed by atoms with Gasteiger partial charge in [0, 0.05) is 26.4 Å². The lowest BCUT2D eigenvalue weighted by atomic mass is 9.41. The average molecular weight is 2070 g/mol. The molecule has 0 heterocycles. The van der Waals surface area contributed by atoms with E-state index in [2.05, 4.69) is 143 Å². The molecule has 20 saturated carbocycles. The molecule has 0 bridgehead atoms. The number of fused-ring (bicyclic) bond motifs is 25. The summed E-state index contributed by atoms with van der Waals surface area (Å²) in [4.78, 5) is 0. The second kappa shape index (κ2) is 46.6. The minimum Gasteiger partial charge on any atom is -0.396 e. The lowest BCUT2D eigenvalue weighted by molar-refractivity contribution is -0.203. The van der Waals surface area contributed by atoms with Crippen LogP contribution in [0.25, 0.3) is 0 Å². The van der Waals surface area contributed by atoms with Gasteiger partial charge in [0.2, 0.25) is 0 Å². The van der Waals surface area contributed by atoms with Gasteiger partial charge in [0.15, 0.2) is 0 Å². The van der Waals surface area contributed by atoms with Crippen molar-refractivity contribution >= 4 is 10.4 Å². The Labute approximate surface area is 890 Å². The Hall–Kier alpha value is -0.650. The zero-order valence-electron chi connectivity index (χ0n) is 96.5. The second-order valence-electron chi connectivity index (χ2n) is 59.5. The van der Waals surface area contributed by atoms with Crippen LogP contribution in [-0.2, 0) is 14.6 Å². The minimum absolute atomic E-state index is 0.0198. The van der Waals surface area contributed by atoms with Crippen molar-refractivity contribution in [1.82, 2.24) is 0 Å². The fourth-order valence-corrected chi connectivity index (χ4v) is 47.8. The van der Waals surface area contributed by atoms with Crippen molar-refractivity contribution in [1.29, 1.82) is 0 Å². The molecule has 0 saturated heterocycles. The van der Waals surface area contributed by atoms with Crippen LogP contribution in [0.5, 0.6) is 0 Å². The molecular formula is C128H226O17S. The summed E-state index contributed by atoms with van der Waals surface area (Å²) in [5.41, 5.74) is 3.16. The molecule has 20 fully saturated rings. The van der Waals surface area contributed by atoms with E-state index < -0.39 is 10.4 Å². The maximum Gasteiger partial charge on any atom is 0.397 e. The first-order valence-corrected chi connectivity index (χ1v) is 64.7. The van der Waals surface area contributed by atoms with Crippen LogP contribution in [0.4, 0.5) is 0 Å². The monoisotopic (exact) mass is 2070 g/mol. The maximum absolute atomic E-state index is 11.7. The smallest absolute Gasteiger partial charge is 0.396 e. The molecule has 20 aliphatic carbocycles. The molecule has 0 amide bonds. The Morgan fingerprint density at radius 3 is 0.685 bits per heavy atom. The Kier molecular flexibility index (Phi) is 37.6. The third kappa shape index (κ3) is 20.7. The van der Waals surface area contributed by atoms with Gasteiger partial charge in [-0.15, -0.1) is 0 Å². The summed E-state index contributed by atoms with van der Waals surface area (Å²) >= 11 is 0. The summed E-state index contributed by atoms with van der Waals surface area (Å²) in [6.45, 7) is 49.6. The van der Waals surface area contributed by atoms with Crippen LogP contribution in [0, 0.1) is 261 Å². The van der Waals surface area contributed by atoms with E-state index in [0.29, 0.717) is 242 Å². The normalized spacial score (nSPS) is 52.4. The highest BCUT2D eigenvalue weighted by molar-refractivity contribution is 7.80. The highest BCUT2D eigenvalue weighted by Crippen LogP contribution is 2.78. The van der Waals surface area contributed by atoms with Gasteiger partial charge in [-0.3, -0.25) is 4.55 Å². The lowest BCUT2D eigenvalue weighted by Gasteiger charge is -2.64. The van der Waals surface area contributed by atoms with E-state index >= 15 is 0 Å². The van der Waals surface area contributed by atoms with Crippen molar-refractivity contribution in [3.8, 4) is 0 Å². The highest BCUT2D eigenvalue weighted by atomic mass is 32.3. The SMILES string of the molecule is CC[C@@H]1[C@@H](O)C2C3CC[C@H]([C@H](C)CCCO)[C@@]3(C)CCC2[C@@]2(C)CCCC[C@@H]12.CC[C@H]1[C@@H](O)C2C3CC[C@H]([C@H](C)CCCO)[C@@]3(C)CCC2[C@@]2(C)CC[C@H](O)C[C@@H]12.CC[C@H]1[C@@H](O)C2C3CC[C@H]([C@H](C)CCO)[C@@]3(C)CCC2[C@@]2(C)CC[C@H](O)C[C@@H]12.CC[C@H]1[C@@H](O)C2C3CC[C@H]([C@H](C)CCOS(=O)(=O)O)[C@@]3(C)CCC2[C@@]2(C)CC[C@H](O)C[C@@H]12.CC[C@H]1[C@H](O)C2C3CC[C@H]([C@H](C)CCCO)[C@@]3(C)CCC2[C@@]2(C)CC[C@H](O)C[C@@H]12. The van der Waals surface area contributed by atoms with Crippen LogP contribution < -0.4 is 0 Å². The number of rotatable bonds is 25. The fraction of sp³-hybridized carbons (Fsp3) is 1.00. The maximum atomic E-state index is 11.7. The average Bonchev–Trinajstić information content (AvgIpc) is 1.18. The Bertz CT molecular complexity index is 4170. The van der Waals surface area contributed by atoms with Gasteiger partial charge in [-0.25, -0.2) is 4.18 Å². The molecule has 18 heteroatoms. The number of hydrogen-bond donors (Lipinski definition) is 14. The molecule has 0 aromatic carbocycles. The molecule has 146 heavy (non-hydrogen) atoms. The third-order valence-corrected chi connectivity index (χ3v) is 55.0. The largest absolute Gasteiger partial charge is 0.397 e. The van der Waals surface area contributed by atoms with Gasteiger partial charge in [-0.2, -0.15) is 8.42 Å². The van der Waals surface area contributed by atoms with E-state index in [1.807, 2.05) is 0 Å². The minimum atomic E-state index is -4.39. The first-order valence-electron chi connectivity index (χ1n) is 63.3. The summed E-state index contributed by atoms with van der Waals surface area (Å²) < 4.78 is 35.4. The Morgan fingerprint density at radius 1 is 0.247 bits per heavy atom. The van der Waals surface area contributed by atoms with Gasteiger partial charge >= 0.3 is 10.4 Å². The topological polar surface area (TPSA) is 327 Å². The number of aliphatic hydroxyl groups excluding tert-OH is 13. The lowest BCUT2D eigenvalue weighted by Crippen LogP contribution is -2.62. The van der Waals surface area contributed by atoms with Crippen LogP contribution in [0.1, 0.15) is 453 Å². The van der Waals surface area contributed by atoms with Gasteiger partial charge in [0.1, 0.15) is 0 Å².